The fraction of sp³-hybridized carbons (Fsp3) is 0.148. The number of amides is 2. The van der Waals surface area contributed by atoms with Crippen LogP contribution in [-0.2, 0) is 0 Å². The van der Waals surface area contributed by atoms with Crippen molar-refractivity contribution in [2.45, 2.75) is 19.9 Å². The minimum atomic E-state index is -0.536. The van der Waals surface area contributed by atoms with Gasteiger partial charge in [-0.25, -0.2) is 9.18 Å². The number of nitrogens with one attached hydrogen (secondary N) is 1. The number of methoxy groups -OCH3 is 1. The molecule has 3 aromatic carbocycles. The third kappa shape index (κ3) is 4.26. The quantitative estimate of drug-likeness (QED) is 0.393. The molecule has 35 heavy (non-hydrogen) atoms. The maximum absolute atomic E-state index is 14.0. The maximum Gasteiger partial charge on any atom is 0.327 e. The van der Waals surface area contributed by atoms with E-state index in [1.54, 1.807) is 26.2 Å². The number of hydrogen-bond acceptors (Lipinski definition) is 5. The number of urea groups is 1. The Bertz CT molecular complexity index is 1430. The molecule has 8 heteroatoms. The summed E-state index contributed by atoms with van der Waals surface area (Å²) in [5.41, 5.74) is 4.26. The molecule has 1 N–H and O–H groups in total. The average Bonchev–Trinajstić information content (AvgIpc) is 3.34. The minimum absolute atomic E-state index is 0.257. The first kappa shape index (κ1) is 22.3. The van der Waals surface area contributed by atoms with Crippen LogP contribution in [0.4, 0.5) is 14.9 Å². The number of nitrogens with zero attached hydrogens (tertiary/aromatic N) is 3. The largest absolute Gasteiger partial charge is 0.497 e. The van der Waals surface area contributed by atoms with Gasteiger partial charge in [-0.2, -0.15) is 4.98 Å². The molecule has 1 atom stereocenters. The van der Waals surface area contributed by atoms with Gasteiger partial charge in [0.2, 0.25) is 5.82 Å². The Morgan fingerprint density at radius 1 is 1.03 bits per heavy atom. The number of aryl methyl sites for hydroxylation is 1. The molecule has 2 heterocycles. The molecule has 176 valence electrons. The van der Waals surface area contributed by atoms with Gasteiger partial charge in [0, 0.05) is 11.3 Å². The molecule has 0 saturated heterocycles. The predicted molar refractivity (Wildman–Crippen MR) is 130 cm³/mol. The maximum atomic E-state index is 14.0. The lowest BCUT2D eigenvalue weighted by Gasteiger charge is -2.35. The molecule has 0 bridgehead atoms. The van der Waals surface area contributed by atoms with Crippen molar-refractivity contribution in [2.24, 2.45) is 0 Å². The topological polar surface area (TPSA) is 80.5 Å². The summed E-state index contributed by atoms with van der Waals surface area (Å²) in [6.07, 6.45) is 0. The van der Waals surface area contributed by atoms with Gasteiger partial charge in [0.1, 0.15) is 11.6 Å². The second-order valence-electron chi connectivity index (χ2n) is 8.26. The monoisotopic (exact) mass is 470 g/mol. The summed E-state index contributed by atoms with van der Waals surface area (Å²) in [4.78, 5) is 19.3. The fourth-order valence-corrected chi connectivity index (χ4v) is 4.17. The van der Waals surface area contributed by atoms with Crippen LogP contribution in [0.1, 0.15) is 30.0 Å². The molecule has 4 aromatic rings. The summed E-state index contributed by atoms with van der Waals surface area (Å²) in [5.74, 6) is 0.871. The number of carbonyl (C=O) groups is 1. The molecular formula is C27H23FN4O3. The zero-order valence-electron chi connectivity index (χ0n) is 19.4. The molecule has 0 radical (unpaired) electrons. The number of ether oxygens (including phenoxy) is 1. The van der Waals surface area contributed by atoms with Crippen LogP contribution < -0.4 is 15.0 Å². The van der Waals surface area contributed by atoms with Gasteiger partial charge < -0.3 is 14.6 Å². The first-order valence-electron chi connectivity index (χ1n) is 11.1. The third-order valence-electron chi connectivity index (χ3n) is 5.95. The zero-order chi connectivity index (χ0) is 24.5. The van der Waals surface area contributed by atoms with Gasteiger partial charge in [-0.3, -0.25) is 4.90 Å². The van der Waals surface area contributed by atoms with E-state index >= 15 is 0 Å². The standard InChI is InChI=1S/C27H23FN4O3/c1-16-10-12-18(13-11-16)24-23(17(2)32(27(33)29-24)21-8-5-7-20(28)15-21)26-30-25(31-35-26)19-6-4-9-22(14-19)34-3/h4-15,24H,1-3H3,(H,29,33). The molecule has 2 amide bonds. The normalized spacial score (nSPS) is 15.8. The molecule has 0 saturated carbocycles. The number of benzene rings is 3. The van der Waals surface area contributed by atoms with E-state index in [1.807, 2.05) is 55.5 Å². The van der Waals surface area contributed by atoms with Crippen LogP contribution in [0.2, 0.25) is 0 Å². The molecule has 1 aliphatic rings. The highest BCUT2D eigenvalue weighted by atomic mass is 19.1. The molecule has 0 spiro atoms. The van der Waals surface area contributed by atoms with Gasteiger partial charge in [0.15, 0.2) is 0 Å². The molecule has 0 aliphatic carbocycles. The summed E-state index contributed by atoms with van der Waals surface area (Å²) >= 11 is 0. The molecule has 1 unspecified atom stereocenters. The SMILES string of the molecule is COc1cccc(-c2noc(C3=C(C)N(c4cccc(F)c4)C(=O)NC3c3ccc(C)cc3)n2)c1. The van der Waals surface area contributed by atoms with Gasteiger partial charge in [0.25, 0.3) is 5.89 Å². The van der Waals surface area contributed by atoms with E-state index in [9.17, 15) is 9.18 Å². The summed E-state index contributed by atoms with van der Waals surface area (Å²) in [6, 6.07) is 20.2. The number of aromatic nitrogens is 2. The lowest BCUT2D eigenvalue weighted by molar-refractivity contribution is 0.244. The summed E-state index contributed by atoms with van der Waals surface area (Å²) in [5, 5.41) is 7.20. The summed E-state index contributed by atoms with van der Waals surface area (Å²) in [7, 11) is 1.59. The van der Waals surface area contributed by atoms with Crippen molar-refractivity contribution in [3.05, 3.63) is 101 Å². The number of halogens is 1. The lowest BCUT2D eigenvalue weighted by Crippen LogP contribution is -2.46. The van der Waals surface area contributed by atoms with Gasteiger partial charge in [-0.15, -0.1) is 0 Å². The Morgan fingerprint density at radius 2 is 1.80 bits per heavy atom. The Morgan fingerprint density at radius 3 is 2.54 bits per heavy atom. The highest BCUT2D eigenvalue weighted by Gasteiger charge is 2.36. The van der Waals surface area contributed by atoms with Crippen LogP contribution in [0.25, 0.3) is 17.0 Å². The van der Waals surface area contributed by atoms with Gasteiger partial charge in [0.05, 0.1) is 24.4 Å². The van der Waals surface area contributed by atoms with E-state index in [1.165, 1.54) is 17.0 Å². The van der Waals surface area contributed by atoms with Gasteiger partial charge in [-0.1, -0.05) is 53.2 Å². The van der Waals surface area contributed by atoms with E-state index in [4.69, 9.17) is 9.26 Å². The Balaban J connectivity index is 1.65. The van der Waals surface area contributed by atoms with E-state index in [0.29, 0.717) is 28.5 Å². The highest BCUT2D eigenvalue weighted by molar-refractivity contribution is 6.01. The van der Waals surface area contributed by atoms with Crippen molar-refractivity contribution in [2.75, 3.05) is 12.0 Å². The van der Waals surface area contributed by atoms with Crippen molar-refractivity contribution < 1.29 is 18.4 Å². The predicted octanol–water partition coefficient (Wildman–Crippen LogP) is 5.89. The van der Waals surface area contributed by atoms with E-state index in [2.05, 4.69) is 15.5 Å². The van der Waals surface area contributed by atoms with Gasteiger partial charge >= 0.3 is 6.03 Å². The number of carbonyl (C=O) groups excluding carboxylic acids is 1. The second kappa shape index (κ2) is 9.06. The smallest absolute Gasteiger partial charge is 0.327 e. The van der Waals surface area contributed by atoms with Crippen molar-refractivity contribution >= 4 is 17.3 Å². The van der Waals surface area contributed by atoms with Crippen LogP contribution in [-0.4, -0.2) is 23.3 Å². The van der Waals surface area contributed by atoms with Crippen LogP contribution in [0.3, 0.4) is 0 Å². The number of anilines is 1. The summed E-state index contributed by atoms with van der Waals surface area (Å²) < 4.78 is 25.0. The Labute approximate surface area is 201 Å². The molecule has 1 aliphatic heterocycles. The minimum Gasteiger partial charge on any atom is -0.497 e. The van der Waals surface area contributed by atoms with Crippen LogP contribution in [0, 0.1) is 12.7 Å². The zero-order valence-corrected chi connectivity index (χ0v) is 19.4. The number of allylic oxidation sites excluding steroid dienone is 1. The molecule has 0 fully saturated rings. The first-order valence-corrected chi connectivity index (χ1v) is 11.1. The highest BCUT2D eigenvalue weighted by Crippen LogP contribution is 2.39. The summed E-state index contributed by atoms with van der Waals surface area (Å²) in [6.45, 7) is 3.78. The van der Waals surface area contributed by atoms with Crippen LogP contribution >= 0.6 is 0 Å². The number of rotatable bonds is 5. The van der Waals surface area contributed by atoms with Crippen LogP contribution in [0.15, 0.2) is 83.0 Å². The van der Waals surface area contributed by atoms with E-state index < -0.39 is 11.9 Å². The van der Waals surface area contributed by atoms with Crippen molar-refractivity contribution in [1.29, 1.82) is 0 Å². The fourth-order valence-electron chi connectivity index (χ4n) is 4.17. The molecule has 1 aromatic heterocycles. The van der Waals surface area contributed by atoms with Crippen molar-refractivity contribution in [3.63, 3.8) is 0 Å². The van der Waals surface area contributed by atoms with E-state index in [-0.39, 0.29) is 11.9 Å². The van der Waals surface area contributed by atoms with Gasteiger partial charge in [-0.05, 0) is 49.7 Å². The lowest BCUT2D eigenvalue weighted by atomic mass is 9.94. The van der Waals surface area contributed by atoms with Crippen molar-refractivity contribution in [1.82, 2.24) is 15.5 Å². The van der Waals surface area contributed by atoms with E-state index in [0.717, 1.165) is 16.7 Å². The Hall–Kier alpha value is -4.46. The Kier molecular flexibility index (Phi) is 5.78. The average molecular weight is 471 g/mol. The molecule has 5 rings (SSSR count). The second-order valence-corrected chi connectivity index (χ2v) is 8.26. The number of hydrogen-bond donors (Lipinski definition) is 1. The van der Waals surface area contributed by atoms with Crippen molar-refractivity contribution in [3.8, 4) is 17.1 Å². The first-order chi connectivity index (χ1) is 16.9. The van der Waals surface area contributed by atoms with Crippen LogP contribution in [0.5, 0.6) is 5.75 Å². The molecule has 7 nitrogen and oxygen atoms in total. The third-order valence-corrected chi connectivity index (χ3v) is 5.95. The molecular weight excluding hydrogens is 447 g/mol.